The van der Waals surface area contributed by atoms with E-state index in [0.29, 0.717) is 0 Å². The van der Waals surface area contributed by atoms with Crippen molar-refractivity contribution in [2.24, 2.45) is 5.28 Å². The van der Waals surface area contributed by atoms with Crippen LogP contribution in [0.5, 0.6) is 0 Å². The summed E-state index contributed by atoms with van der Waals surface area (Å²) < 4.78 is 0. The van der Waals surface area contributed by atoms with Crippen LogP contribution in [0.25, 0.3) is 0 Å². The fraction of sp³-hybridized carbons (Fsp3) is 0.500. The molecule has 0 amide bonds. The molecule has 0 radical (unpaired) electrons. The number of carboxylic acid groups (broad SMARTS) is 1. The van der Waals surface area contributed by atoms with Gasteiger partial charge < -0.3 is 15.5 Å². The Kier molecular flexibility index (Phi) is 7.39. The van der Waals surface area contributed by atoms with Gasteiger partial charge in [0, 0.05) is 0 Å². The normalized spacial score (nSPS) is 10.0. The second-order valence-electron chi connectivity index (χ2n) is 0.993. The van der Waals surface area contributed by atoms with Gasteiger partial charge in [-0.3, -0.25) is 0 Å². The van der Waals surface area contributed by atoms with Gasteiger partial charge in [-0.1, -0.05) is 0 Å². The Labute approximate surface area is 72.6 Å². The zero-order valence-electron chi connectivity index (χ0n) is 4.81. The first-order valence-corrected chi connectivity index (χ1v) is 1.68. The van der Waals surface area contributed by atoms with Crippen LogP contribution in [-0.4, -0.2) is 27.7 Å². The van der Waals surface area contributed by atoms with E-state index in [1.54, 1.807) is 0 Å². The van der Waals surface area contributed by atoms with E-state index >= 15 is 0 Å². The zero-order valence-corrected chi connectivity index (χ0v) is 6.81. The molecule has 0 aromatic rings. The van der Waals surface area contributed by atoms with Crippen molar-refractivity contribution in [2.75, 3.05) is 6.54 Å². The maximum Gasteiger partial charge on any atom is 1.00 e. The maximum absolute atomic E-state index is 9.74. The molecule has 7 heteroatoms. The standard InChI is InChI=1S/C2H4N2O4.Na/c5-2(6)1-4(8)3-7;/h7H,1H2,(H,5,6);/q;+1/b4-3+;. The van der Waals surface area contributed by atoms with Gasteiger partial charge in [-0.15, -0.1) is 0 Å². The number of hydroxylamine groups is 1. The van der Waals surface area contributed by atoms with Crippen molar-refractivity contribution < 1.29 is 49.5 Å². The van der Waals surface area contributed by atoms with Crippen molar-refractivity contribution in [3.8, 4) is 0 Å². The minimum Gasteiger partial charge on any atom is -0.597 e. The van der Waals surface area contributed by atoms with E-state index in [1.165, 1.54) is 0 Å². The molecule has 0 aliphatic rings. The number of aliphatic carboxylic acids is 1. The van der Waals surface area contributed by atoms with Crippen LogP contribution in [0.1, 0.15) is 0 Å². The van der Waals surface area contributed by atoms with Crippen LogP contribution in [0.3, 0.4) is 0 Å². The third kappa shape index (κ3) is 7.67. The molecule has 0 aliphatic carbocycles. The molecule has 0 fully saturated rings. The Bertz CT molecular complexity index is 124. The van der Waals surface area contributed by atoms with Crippen LogP contribution >= 0.6 is 0 Å². The van der Waals surface area contributed by atoms with Gasteiger partial charge in [0.05, 0.1) is 0 Å². The molecule has 0 rings (SSSR count). The van der Waals surface area contributed by atoms with Gasteiger partial charge in [-0.05, 0) is 4.86 Å². The average molecular weight is 143 g/mol. The predicted molar refractivity (Wildman–Crippen MR) is 20.3 cm³/mol. The average Bonchev–Trinajstić information content (AvgIpc) is 1.65. The van der Waals surface area contributed by atoms with E-state index in [1.807, 2.05) is 5.28 Å². The van der Waals surface area contributed by atoms with Crippen molar-refractivity contribution in [2.45, 2.75) is 0 Å². The van der Waals surface area contributed by atoms with E-state index in [9.17, 15) is 10.0 Å². The molecule has 9 heavy (non-hydrogen) atoms. The molecule has 2 N–H and O–H groups in total. The molecule has 0 aromatic heterocycles. The maximum atomic E-state index is 9.74. The zero-order chi connectivity index (χ0) is 6.57. The van der Waals surface area contributed by atoms with Crippen molar-refractivity contribution >= 4 is 5.97 Å². The molecule has 0 atom stereocenters. The van der Waals surface area contributed by atoms with E-state index in [0.717, 1.165) is 0 Å². The molecule has 6 nitrogen and oxygen atoms in total. The minimum absolute atomic E-state index is 0. The monoisotopic (exact) mass is 143 g/mol. The summed E-state index contributed by atoms with van der Waals surface area (Å²) >= 11 is 0. The number of hydrogen-bond acceptors (Lipinski definition) is 3. The van der Waals surface area contributed by atoms with Crippen LogP contribution < -0.4 is 29.6 Å². The first kappa shape index (κ1) is 11.5. The van der Waals surface area contributed by atoms with Crippen molar-refractivity contribution in [1.29, 1.82) is 0 Å². The van der Waals surface area contributed by atoms with E-state index in [2.05, 4.69) is 0 Å². The second-order valence-corrected chi connectivity index (χ2v) is 0.993. The van der Waals surface area contributed by atoms with Gasteiger partial charge >= 0.3 is 35.5 Å². The molecular weight excluding hydrogens is 139 g/mol. The first-order valence-electron chi connectivity index (χ1n) is 1.68. The smallest absolute Gasteiger partial charge is 0.597 e. The van der Waals surface area contributed by atoms with Gasteiger partial charge in [0.25, 0.3) is 6.54 Å². The number of carbonyl (C=O) groups is 1. The molecule has 0 heterocycles. The summed E-state index contributed by atoms with van der Waals surface area (Å²) in [5.74, 6) is -1.34. The van der Waals surface area contributed by atoms with Gasteiger partial charge in [-0.2, -0.15) is 0 Å². The van der Waals surface area contributed by atoms with Gasteiger partial charge in [0.2, 0.25) is 0 Å². The SMILES string of the molecule is O=C(O)C/[N+]([O-])=N\O.[Na+]. The third-order valence-electron chi connectivity index (χ3n) is 0.370. The van der Waals surface area contributed by atoms with Crippen LogP contribution in [0.15, 0.2) is 5.28 Å². The van der Waals surface area contributed by atoms with Crippen molar-refractivity contribution in [1.82, 2.24) is 0 Å². The Morgan fingerprint density at radius 3 is 2.33 bits per heavy atom. The molecule has 0 bridgehead atoms. The molecule has 0 aliphatic heterocycles. The summed E-state index contributed by atoms with van der Waals surface area (Å²) in [6.07, 6.45) is 0. The molecule has 46 valence electrons. The molecular formula is C2H4N2NaO4+. The van der Waals surface area contributed by atoms with Gasteiger partial charge in [0.15, 0.2) is 5.28 Å². The molecule has 0 spiro atoms. The van der Waals surface area contributed by atoms with Crippen molar-refractivity contribution in [3.63, 3.8) is 0 Å². The van der Waals surface area contributed by atoms with Crippen molar-refractivity contribution in [3.05, 3.63) is 5.21 Å². The Morgan fingerprint density at radius 1 is 1.78 bits per heavy atom. The van der Waals surface area contributed by atoms with Crippen LogP contribution in [0.4, 0.5) is 0 Å². The molecule has 0 unspecified atom stereocenters. The van der Waals surface area contributed by atoms with Crippen LogP contribution in [-0.2, 0) is 4.79 Å². The first-order chi connectivity index (χ1) is 3.66. The summed E-state index contributed by atoms with van der Waals surface area (Å²) in [6.45, 7) is -0.837. The number of nitrogens with zero attached hydrogens (tertiary/aromatic N) is 2. The summed E-state index contributed by atoms with van der Waals surface area (Å²) in [7, 11) is 0. The Balaban J connectivity index is 0. The van der Waals surface area contributed by atoms with E-state index in [-0.39, 0.29) is 34.4 Å². The topological polar surface area (TPSA) is 96.0 Å². The van der Waals surface area contributed by atoms with E-state index < -0.39 is 12.5 Å². The third-order valence-corrected chi connectivity index (χ3v) is 0.370. The number of carboxylic acids is 1. The van der Waals surface area contributed by atoms with E-state index in [4.69, 9.17) is 10.3 Å². The molecule has 0 saturated heterocycles. The fourth-order valence-electron chi connectivity index (χ4n) is 0.147. The largest absolute Gasteiger partial charge is 1.00 e. The summed E-state index contributed by atoms with van der Waals surface area (Å²) in [5.41, 5.74) is 0. The second kappa shape index (κ2) is 5.80. The van der Waals surface area contributed by atoms with Crippen LogP contribution in [0, 0.1) is 5.21 Å². The summed E-state index contributed by atoms with van der Waals surface area (Å²) in [6, 6.07) is 0. The minimum atomic E-state index is -1.34. The molecule has 0 saturated carbocycles. The molecule has 0 aromatic carbocycles. The Hall–Kier alpha value is -0.330. The van der Waals surface area contributed by atoms with Gasteiger partial charge in [0.1, 0.15) is 0 Å². The fourth-order valence-corrected chi connectivity index (χ4v) is 0.147. The predicted octanol–water partition coefficient (Wildman–Crippen LogP) is -3.57. The van der Waals surface area contributed by atoms with Gasteiger partial charge in [-0.25, -0.2) is 4.79 Å². The number of rotatable bonds is 2. The quantitative estimate of drug-likeness (QED) is 0.181. The Morgan fingerprint density at radius 2 is 2.22 bits per heavy atom. The summed E-state index contributed by atoms with van der Waals surface area (Å²) in [5, 5.41) is 27.1. The van der Waals surface area contributed by atoms with Crippen LogP contribution in [0.2, 0.25) is 0 Å². The number of hydrogen-bond donors (Lipinski definition) is 2. The summed E-state index contributed by atoms with van der Waals surface area (Å²) in [4.78, 5) is 9.21.